The van der Waals surface area contributed by atoms with Gasteiger partial charge < -0.3 is 14.1 Å². The topological polar surface area (TPSA) is 25.6 Å². The Labute approximate surface area is 385 Å². The highest BCUT2D eigenvalue weighted by Crippen LogP contribution is 2.64. The number of rotatable bonds is 4. The number of ether oxygens (including phenoxy) is 1. The molecule has 3 aliphatic carbocycles. The van der Waals surface area contributed by atoms with Crippen LogP contribution in [0.4, 0.5) is 17.1 Å². The quantitative estimate of drug-likeness (QED) is 0.176. The second-order valence-electron chi connectivity index (χ2n) is 19.6. The Morgan fingerprint density at radius 3 is 1.76 bits per heavy atom. The molecule has 0 amide bonds. The SMILES string of the molecule is CC1(C)c2ccccc2-c2ccc(N(c3cccc(-c4cccc5c4C(C)(C)c4ccccc4-5)c3)c3ccc4c(c3)-c3ccccc3C43c4ccccc4Oc4c3oc3ccccc43)cc21. The summed E-state index contributed by atoms with van der Waals surface area (Å²) in [5, 5.41) is 0.980. The Morgan fingerprint density at radius 2 is 0.939 bits per heavy atom. The van der Waals surface area contributed by atoms with Crippen LogP contribution in [0, 0.1) is 0 Å². The van der Waals surface area contributed by atoms with Gasteiger partial charge in [0.15, 0.2) is 11.5 Å². The monoisotopic (exact) mass is 847 g/mol. The van der Waals surface area contributed by atoms with E-state index >= 15 is 0 Å². The van der Waals surface area contributed by atoms with E-state index in [-0.39, 0.29) is 10.8 Å². The maximum Gasteiger partial charge on any atom is 0.178 e. The average molecular weight is 848 g/mol. The molecule has 0 saturated carbocycles. The van der Waals surface area contributed by atoms with Crippen molar-refractivity contribution in [2.45, 2.75) is 43.9 Å². The molecule has 1 spiro atoms. The van der Waals surface area contributed by atoms with Gasteiger partial charge in [0.2, 0.25) is 0 Å². The lowest BCUT2D eigenvalue weighted by Gasteiger charge is -2.36. The zero-order valence-electron chi connectivity index (χ0n) is 37.3. The third-order valence-electron chi connectivity index (χ3n) is 15.5. The summed E-state index contributed by atoms with van der Waals surface area (Å²) in [7, 11) is 0. The highest BCUT2D eigenvalue weighted by atomic mass is 16.5. The summed E-state index contributed by atoms with van der Waals surface area (Å²) < 4.78 is 13.8. The van der Waals surface area contributed by atoms with Gasteiger partial charge in [-0.15, -0.1) is 0 Å². The molecule has 0 fully saturated rings. The van der Waals surface area contributed by atoms with Gasteiger partial charge >= 0.3 is 0 Å². The predicted octanol–water partition coefficient (Wildman–Crippen LogP) is 16.7. The molecule has 1 atom stereocenters. The highest BCUT2D eigenvalue weighted by molar-refractivity contribution is 5.96. The number of furan rings is 1. The zero-order chi connectivity index (χ0) is 44.1. The van der Waals surface area contributed by atoms with Crippen LogP contribution >= 0.6 is 0 Å². The number of nitrogens with zero attached hydrogens (tertiary/aromatic N) is 1. The van der Waals surface area contributed by atoms with Gasteiger partial charge in [0.25, 0.3) is 0 Å². The molecule has 0 N–H and O–H groups in total. The fourth-order valence-electron chi connectivity index (χ4n) is 12.6. The molecule has 10 aromatic rings. The molecule has 0 radical (unpaired) electrons. The normalized spacial score (nSPS) is 16.9. The van der Waals surface area contributed by atoms with Crippen LogP contribution in [0.3, 0.4) is 0 Å². The fourth-order valence-corrected chi connectivity index (χ4v) is 12.6. The number of hydrogen-bond donors (Lipinski definition) is 0. The van der Waals surface area contributed by atoms with E-state index in [0.29, 0.717) is 0 Å². The molecule has 0 bridgehead atoms. The summed E-state index contributed by atoms with van der Waals surface area (Å²) in [5.74, 6) is 2.46. The lowest BCUT2D eigenvalue weighted by molar-refractivity contribution is 0.389. The van der Waals surface area contributed by atoms with Crippen molar-refractivity contribution >= 4 is 28.0 Å². The van der Waals surface area contributed by atoms with E-state index in [0.717, 1.165) is 50.9 Å². The van der Waals surface area contributed by atoms with Crippen molar-refractivity contribution in [3.63, 3.8) is 0 Å². The smallest absolute Gasteiger partial charge is 0.178 e. The lowest BCUT2D eigenvalue weighted by Crippen LogP contribution is -2.31. The highest BCUT2D eigenvalue weighted by Gasteiger charge is 2.54. The molecule has 9 aromatic carbocycles. The van der Waals surface area contributed by atoms with E-state index in [9.17, 15) is 0 Å². The molecule has 1 aromatic heterocycles. The summed E-state index contributed by atoms with van der Waals surface area (Å²) in [5.41, 5.74) is 22.1. The molecule has 3 heteroatoms. The van der Waals surface area contributed by atoms with E-state index in [1.165, 1.54) is 77.9 Å². The predicted molar refractivity (Wildman–Crippen MR) is 269 cm³/mol. The third kappa shape index (κ3) is 4.77. The first kappa shape index (κ1) is 37.5. The van der Waals surface area contributed by atoms with Crippen molar-refractivity contribution in [3.8, 4) is 56.0 Å². The van der Waals surface area contributed by atoms with Crippen molar-refractivity contribution in [1.82, 2.24) is 0 Å². The molecule has 4 aliphatic rings. The molecular weight excluding hydrogens is 803 g/mol. The largest absolute Gasteiger partial charge is 0.455 e. The van der Waals surface area contributed by atoms with E-state index in [1.807, 2.05) is 12.1 Å². The molecule has 66 heavy (non-hydrogen) atoms. The Kier molecular flexibility index (Phi) is 7.45. The van der Waals surface area contributed by atoms with Crippen LogP contribution in [0.1, 0.15) is 72.4 Å². The average Bonchev–Trinajstić information content (AvgIpc) is 4.02. The summed E-state index contributed by atoms with van der Waals surface area (Å²) in [6.07, 6.45) is 0. The Balaban J connectivity index is 1.00. The van der Waals surface area contributed by atoms with Crippen LogP contribution in [-0.2, 0) is 16.2 Å². The van der Waals surface area contributed by atoms with Crippen LogP contribution in [0.15, 0.2) is 205 Å². The second-order valence-corrected chi connectivity index (χ2v) is 19.6. The van der Waals surface area contributed by atoms with Gasteiger partial charge in [-0.25, -0.2) is 0 Å². The van der Waals surface area contributed by atoms with Crippen molar-refractivity contribution in [2.24, 2.45) is 0 Å². The van der Waals surface area contributed by atoms with Gasteiger partial charge in [-0.05, 0) is 132 Å². The first-order valence-electron chi connectivity index (χ1n) is 23.2. The van der Waals surface area contributed by atoms with Crippen LogP contribution < -0.4 is 9.64 Å². The molecule has 1 unspecified atom stereocenters. The van der Waals surface area contributed by atoms with Gasteiger partial charge in [-0.2, -0.15) is 0 Å². The van der Waals surface area contributed by atoms with Gasteiger partial charge in [0, 0.05) is 33.5 Å². The minimum Gasteiger partial charge on any atom is -0.455 e. The van der Waals surface area contributed by atoms with Crippen molar-refractivity contribution in [1.29, 1.82) is 0 Å². The zero-order valence-corrected chi connectivity index (χ0v) is 37.3. The maximum atomic E-state index is 6.99. The molecular formula is C63H45NO2. The lowest BCUT2D eigenvalue weighted by atomic mass is 9.69. The first-order valence-corrected chi connectivity index (χ1v) is 23.2. The summed E-state index contributed by atoms with van der Waals surface area (Å²) >= 11 is 0. The molecule has 0 saturated heterocycles. The van der Waals surface area contributed by atoms with Crippen LogP contribution in [0.5, 0.6) is 11.5 Å². The molecule has 2 heterocycles. The maximum absolute atomic E-state index is 6.99. The minimum absolute atomic E-state index is 0.148. The van der Waals surface area contributed by atoms with Crippen LogP contribution in [-0.4, -0.2) is 0 Å². The van der Waals surface area contributed by atoms with Crippen molar-refractivity contribution in [2.75, 3.05) is 4.90 Å². The van der Waals surface area contributed by atoms with Crippen LogP contribution in [0.2, 0.25) is 0 Å². The van der Waals surface area contributed by atoms with Gasteiger partial charge in [0.1, 0.15) is 16.7 Å². The van der Waals surface area contributed by atoms with E-state index < -0.39 is 5.41 Å². The summed E-state index contributed by atoms with van der Waals surface area (Å²) in [6.45, 7) is 9.49. The van der Waals surface area contributed by atoms with E-state index in [1.54, 1.807) is 0 Å². The van der Waals surface area contributed by atoms with E-state index in [2.05, 4.69) is 221 Å². The number of hydrogen-bond acceptors (Lipinski definition) is 3. The van der Waals surface area contributed by atoms with Crippen LogP contribution in [0.25, 0.3) is 55.5 Å². The Bertz CT molecular complexity index is 3720. The van der Waals surface area contributed by atoms with Crippen molar-refractivity contribution < 1.29 is 9.15 Å². The number of para-hydroxylation sites is 2. The summed E-state index contributed by atoms with van der Waals surface area (Å²) in [4.78, 5) is 2.48. The van der Waals surface area contributed by atoms with Gasteiger partial charge in [0.05, 0.1) is 5.39 Å². The fraction of sp³-hybridized carbons (Fsp3) is 0.111. The number of fused-ring (bicyclic) bond motifs is 17. The van der Waals surface area contributed by atoms with Crippen molar-refractivity contribution in [3.05, 3.63) is 245 Å². The molecule has 314 valence electrons. The molecule has 3 nitrogen and oxygen atoms in total. The Morgan fingerprint density at radius 1 is 0.379 bits per heavy atom. The molecule has 14 rings (SSSR count). The van der Waals surface area contributed by atoms with Gasteiger partial charge in [-0.3, -0.25) is 0 Å². The number of benzene rings is 9. The summed E-state index contributed by atoms with van der Waals surface area (Å²) in [6, 6.07) is 73.7. The van der Waals surface area contributed by atoms with Gasteiger partial charge in [-0.1, -0.05) is 173 Å². The third-order valence-corrected chi connectivity index (χ3v) is 15.5. The standard InChI is InChI=1S/C63H45NO2/c1-61(2)50-25-9-5-19-43(50)46-33-31-41(37-55(46)61)64(39-18-15-17-38(35-39)42-23-16-24-47-44-20-6-10-26-51(44)62(3,4)58(42)47)40-32-34-53-49(36-40)45-21-7-11-27-52(45)63(53)54-28-12-14-30-57(54)65-59-48-22-8-13-29-56(48)66-60(59)63/h5-37H,1-4H3. The molecule has 1 aliphatic heterocycles. The van der Waals surface area contributed by atoms with E-state index in [4.69, 9.17) is 9.15 Å². The number of anilines is 3. The second kappa shape index (κ2) is 13.1. The minimum atomic E-state index is -0.722. The first-order chi connectivity index (χ1) is 32.2. The Hall–Kier alpha value is -7.88.